The van der Waals surface area contributed by atoms with Crippen molar-refractivity contribution in [3.63, 3.8) is 0 Å². The van der Waals surface area contributed by atoms with E-state index in [1.807, 2.05) is 11.8 Å². The Balaban J connectivity index is 2.94. The molecule has 0 spiro atoms. The lowest BCUT2D eigenvalue weighted by molar-refractivity contribution is 0.701. The zero-order valence-corrected chi connectivity index (χ0v) is 13.3. The standard InChI is InChI=1S/C16H26N2S/c1-5-7-8-11-18(13-19-4)16-12-14(6-2)9-10-15(16)17-3/h9-10,12H,3,5-8,11,13H2,1-2,4H3. The largest absolute Gasteiger partial charge is 0.361 e. The Labute approximate surface area is 122 Å². The fourth-order valence-electron chi connectivity index (χ4n) is 2.14. The highest BCUT2D eigenvalue weighted by Crippen LogP contribution is 2.31. The van der Waals surface area contributed by atoms with Gasteiger partial charge in [0.05, 0.1) is 17.3 Å². The van der Waals surface area contributed by atoms with Crippen LogP contribution in [0.2, 0.25) is 0 Å². The van der Waals surface area contributed by atoms with E-state index in [2.05, 4.69) is 54.9 Å². The summed E-state index contributed by atoms with van der Waals surface area (Å²) in [5.74, 6) is 1.01. The lowest BCUT2D eigenvalue weighted by atomic mass is 10.1. The first kappa shape index (κ1) is 16.1. The third kappa shape index (κ3) is 4.90. The molecule has 1 aromatic rings. The number of aliphatic imine (C=N–C) groups is 1. The van der Waals surface area contributed by atoms with Crippen LogP contribution in [0.4, 0.5) is 11.4 Å². The van der Waals surface area contributed by atoms with Gasteiger partial charge < -0.3 is 4.90 Å². The van der Waals surface area contributed by atoms with Crippen molar-refractivity contribution < 1.29 is 0 Å². The van der Waals surface area contributed by atoms with Gasteiger partial charge in [0.15, 0.2) is 0 Å². The topological polar surface area (TPSA) is 15.6 Å². The predicted octanol–water partition coefficient (Wildman–Crippen LogP) is 4.90. The molecule has 19 heavy (non-hydrogen) atoms. The van der Waals surface area contributed by atoms with Gasteiger partial charge in [-0.25, -0.2) is 0 Å². The van der Waals surface area contributed by atoms with E-state index in [1.165, 1.54) is 30.5 Å². The number of aryl methyl sites for hydroxylation is 1. The fraction of sp³-hybridized carbons (Fsp3) is 0.562. The van der Waals surface area contributed by atoms with Crippen LogP contribution in [0.5, 0.6) is 0 Å². The molecule has 0 aliphatic rings. The third-order valence-electron chi connectivity index (χ3n) is 3.28. The van der Waals surface area contributed by atoms with E-state index in [0.29, 0.717) is 0 Å². The van der Waals surface area contributed by atoms with Gasteiger partial charge in [0.1, 0.15) is 0 Å². The number of unbranched alkanes of at least 4 members (excludes halogenated alkanes) is 2. The maximum Gasteiger partial charge on any atom is 0.0856 e. The average molecular weight is 278 g/mol. The molecule has 0 saturated heterocycles. The molecule has 0 fully saturated rings. The summed E-state index contributed by atoms with van der Waals surface area (Å²) in [6.45, 7) is 9.24. The van der Waals surface area contributed by atoms with E-state index in [-0.39, 0.29) is 0 Å². The Hall–Kier alpha value is -0.960. The van der Waals surface area contributed by atoms with E-state index >= 15 is 0 Å². The summed E-state index contributed by atoms with van der Waals surface area (Å²) >= 11 is 1.86. The SMILES string of the molecule is C=Nc1ccc(CC)cc1N(CCCCC)CSC. The lowest BCUT2D eigenvalue weighted by Crippen LogP contribution is -2.24. The normalized spacial score (nSPS) is 10.5. The molecule has 1 aromatic carbocycles. The minimum Gasteiger partial charge on any atom is -0.361 e. The first-order chi connectivity index (χ1) is 9.26. The van der Waals surface area contributed by atoms with Crippen LogP contribution in [0, 0.1) is 0 Å². The van der Waals surface area contributed by atoms with Crippen LogP contribution in [0.25, 0.3) is 0 Å². The van der Waals surface area contributed by atoms with E-state index in [9.17, 15) is 0 Å². The second kappa shape index (κ2) is 9.03. The molecule has 0 radical (unpaired) electrons. The molecule has 2 nitrogen and oxygen atoms in total. The molecule has 0 N–H and O–H groups in total. The summed E-state index contributed by atoms with van der Waals surface area (Å²) in [6, 6.07) is 6.51. The average Bonchev–Trinajstić information content (AvgIpc) is 2.46. The highest BCUT2D eigenvalue weighted by Gasteiger charge is 2.10. The number of rotatable bonds is 9. The molecule has 0 aliphatic heterocycles. The van der Waals surface area contributed by atoms with Crippen LogP contribution < -0.4 is 4.90 Å². The number of benzene rings is 1. The third-order valence-corrected chi connectivity index (χ3v) is 3.85. The number of thioether (sulfide) groups is 1. The van der Waals surface area contributed by atoms with Crippen LogP contribution in [0.3, 0.4) is 0 Å². The van der Waals surface area contributed by atoms with Crippen LogP contribution in [0.15, 0.2) is 23.2 Å². The quantitative estimate of drug-likeness (QED) is 0.363. The minimum atomic E-state index is 1.00. The van der Waals surface area contributed by atoms with E-state index in [0.717, 1.165) is 24.5 Å². The molecule has 3 heteroatoms. The second-order valence-corrected chi connectivity index (χ2v) is 5.56. The molecule has 0 saturated carbocycles. The van der Waals surface area contributed by atoms with Crippen molar-refractivity contribution in [1.29, 1.82) is 0 Å². The van der Waals surface area contributed by atoms with Crippen molar-refractivity contribution in [3.05, 3.63) is 23.8 Å². The van der Waals surface area contributed by atoms with Crippen LogP contribution in [-0.4, -0.2) is 25.4 Å². The van der Waals surface area contributed by atoms with Gasteiger partial charge in [-0.05, 0) is 43.5 Å². The van der Waals surface area contributed by atoms with E-state index < -0.39 is 0 Å². The van der Waals surface area contributed by atoms with Crippen molar-refractivity contribution in [2.24, 2.45) is 4.99 Å². The summed E-state index contributed by atoms with van der Waals surface area (Å²) in [4.78, 5) is 6.61. The molecule has 0 unspecified atom stereocenters. The highest BCUT2D eigenvalue weighted by atomic mass is 32.2. The summed E-state index contributed by atoms with van der Waals surface area (Å²) in [5.41, 5.74) is 3.60. The minimum absolute atomic E-state index is 1.00. The van der Waals surface area contributed by atoms with Gasteiger partial charge in [0, 0.05) is 6.54 Å². The summed E-state index contributed by atoms with van der Waals surface area (Å²) < 4.78 is 0. The van der Waals surface area contributed by atoms with Gasteiger partial charge in [-0.15, -0.1) is 11.8 Å². The molecule has 0 aromatic heterocycles. The van der Waals surface area contributed by atoms with Crippen LogP contribution >= 0.6 is 11.8 Å². The van der Waals surface area contributed by atoms with Gasteiger partial charge >= 0.3 is 0 Å². The predicted molar refractivity (Wildman–Crippen MR) is 90.3 cm³/mol. The smallest absolute Gasteiger partial charge is 0.0856 e. The van der Waals surface area contributed by atoms with Crippen molar-refractivity contribution in [1.82, 2.24) is 0 Å². The zero-order valence-electron chi connectivity index (χ0n) is 12.5. The Bertz CT molecular complexity index is 390. The Morgan fingerprint density at radius 3 is 2.63 bits per heavy atom. The molecule has 106 valence electrons. The molecular formula is C16H26N2S. The van der Waals surface area contributed by atoms with Gasteiger partial charge in [0.25, 0.3) is 0 Å². The Morgan fingerprint density at radius 1 is 1.26 bits per heavy atom. The van der Waals surface area contributed by atoms with Crippen molar-refractivity contribution in [2.45, 2.75) is 39.5 Å². The Morgan fingerprint density at radius 2 is 2.05 bits per heavy atom. The highest BCUT2D eigenvalue weighted by molar-refractivity contribution is 7.98. The summed E-state index contributed by atoms with van der Waals surface area (Å²) in [5, 5.41) is 0. The second-order valence-electron chi connectivity index (χ2n) is 4.72. The Kier molecular flexibility index (Phi) is 7.65. The lowest BCUT2D eigenvalue weighted by Gasteiger charge is -2.25. The first-order valence-corrected chi connectivity index (χ1v) is 8.49. The van der Waals surface area contributed by atoms with Crippen LogP contribution in [0.1, 0.15) is 38.7 Å². The summed E-state index contributed by atoms with van der Waals surface area (Å²) in [6.07, 6.45) is 7.00. The van der Waals surface area contributed by atoms with Gasteiger partial charge in [-0.2, -0.15) is 0 Å². The number of hydrogen-bond acceptors (Lipinski definition) is 3. The summed E-state index contributed by atoms with van der Waals surface area (Å²) in [7, 11) is 0. The monoisotopic (exact) mass is 278 g/mol. The first-order valence-electron chi connectivity index (χ1n) is 7.10. The molecule has 1 rings (SSSR count). The van der Waals surface area contributed by atoms with Gasteiger partial charge in [-0.3, -0.25) is 4.99 Å². The van der Waals surface area contributed by atoms with Gasteiger partial charge in [-0.1, -0.05) is 32.8 Å². The molecule has 0 atom stereocenters. The van der Waals surface area contributed by atoms with Crippen molar-refractivity contribution in [3.8, 4) is 0 Å². The fourth-order valence-corrected chi connectivity index (χ4v) is 2.72. The maximum absolute atomic E-state index is 4.18. The van der Waals surface area contributed by atoms with Gasteiger partial charge in [0.2, 0.25) is 0 Å². The van der Waals surface area contributed by atoms with Crippen molar-refractivity contribution in [2.75, 3.05) is 23.6 Å². The molecular weight excluding hydrogens is 252 g/mol. The molecule has 0 aliphatic carbocycles. The number of nitrogens with zero attached hydrogens (tertiary/aromatic N) is 2. The molecule has 0 heterocycles. The molecule has 0 bridgehead atoms. The maximum atomic E-state index is 4.18. The number of hydrogen-bond donors (Lipinski definition) is 0. The van der Waals surface area contributed by atoms with E-state index in [1.54, 1.807) is 0 Å². The molecule has 0 amide bonds. The number of anilines is 1. The van der Waals surface area contributed by atoms with Crippen molar-refractivity contribution >= 4 is 29.9 Å². The van der Waals surface area contributed by atoms with Crippen LogP contribution in [-0.2, 0) is 6.42 Å². The zero-order chi connectivity index (χ0) is 14.1. The van der Waals surface area contributed by atoms with E-state index in [4.69, 9.17) is 0 Å².